The van der Waals surface area contributed by atoms with Gasteiger partial charge in [0.2, 0.25) is 11.8 Å². The van der Waals surface area contributed by atoms with Crippen LogP contribution in [0.4, 0.5) is 0 Å². The fourth-order valence-corrected chi connectivity index (χ4v) is 5.09. The highest BCUT2D eigenvalue weighted by atomic mass is 32.2. The van der Waals surface area contributed by atoms with E-state index in [4.69, 9.17) is 4.74 Å². The number of nitrogens with one attached hydrogen (secondary N) is 2. The average Bonchev–Trinajstić information content (AvgIpc) is 2.90. The van der Waals surface area contributed by atoms with E-state index in [0.717, 1.165) is 6.42 Å². The second kappa shape index (κ2) is 8.80. The summed E-state index contributed by atoms with van der Waals surface area (Å²) in [5.41, 5.74) is 0. The van der Waals surface area contributed by atoms with Crippen molar-refractivity contribution in [2.75, 3.05) is 31.8 Å². The van der Waals surface area contributed by atoms with Crippen LogP contribution < -0.4 is 10.6 Å². The number of hydrogen-bond acceptors (Lipinski definition) is 5. The molecule has 2 fully saturated rings. The van der Waals surface area contributed by atoms with Crippen molar-refractivity contribution in [3.8, 4) is 0 Å². The third-order valence-corrected chi connectivity index (χ3v) is 6.64. The van der Waals surface area contributed by atoms with Crippen LogP contribution in [0.1, 0.15) is 38.5 Å². The summed E-state index contributed by atoms with van der Waals surface area (Å²) >= 11 is 0. The number of methoxy groups -OCH3 is 1. The van der Waals surface area contributed by atoms with Gasteiger partial charge in [-0.25, -0.2) is 8.42 Å². The lowest BCUT2D eigenvalue weighted by molar-refractivity contribution is -0.130. The number of ether oxygens (including phenoxy) is 1. The molecular formula is C16H28N2O5S. The molecular weight excluding hydrogens is 332 g/mol. The molecule has 1 unspecified atom stereocenters. The Hall–Kier alpha value is -1.15. The molecule has 0 aromatic carbocycles. The smallest absolute Gasteiger partial charge is 0.223 e. The first-order chi connectivity index (χ1) is 11.4. The van der Waals surface area contributed by atoms with Gasteiger partial charge < -0.3 is 15.4 Å². The number of carbonyl (C=O) groups is 2. The summed E-state index contributed by atoms with van der Waals surface area (Å²) in [6.45, 7) is 1.24. The van der Waals surface area contributed by atoms with Crippen LogP contribution in [0.15, 0.2) is 0 Å². The molecule has 1 heterocycles. The van der Waals surface area contributed by atoms with E-state index in [1.807, 2.05) is 0 Å². The summed E-state index contributed by atoms with van der Waals surface area (Å²) in [6, 6.07) is -0.246. The molecule has 138 valence electrons. The fraction of sp³-hybridized carbons (Fsp3) is 0.875. The maximum absolute atomic E-state index is 12.3. The van der Waals surface area contributed by atoms with E-state index in [-0.39, 0.29) is 41.2 Å². The Balaban J connectivity index is 1.68. The molecule has 2 rings (SSSR count). The molecule has 0 aromatic rings. The van der Waals surface area contributed by atoms with Gasteiger partial charge in [0, 0.05) is 38.1 Å². The fourth-order valence-electron chi connectivity index (χ4n) is 3.42. The molecule has 24 heavy (non-hydrogen) atoms. The van der Waals surface area contributed by atoms with Crippen LogP contribution in [0.2, 0.25) is 0 Å². The number of rotatable bonds is 7. The van der Waals surface area contributed by atoms with Crippen molar-refractivity contribution in [1.29, 1.82) is 0 Å². The molecule has 1 saturated carbocycles. The molecule has 0 bridgehead atoms. The van der Waals surface area contributed by atoms with Crippen molar-refractivity contribution in [3.05, 3.63) is 0 Å². The topological polar surface area (TPSA) is 102 Å². The summed E-state index contributed by atoms with van der Waals surface area (Å²) in [4.78, 5) is 24.3. The lowest BCUT2D eigenvalue weighted by Gasteiger charge is -2.27. The summed E-state index contributed by atoms with van der Waals surface area (Å²) in [6.07, 6.45) is 4.08. The van der Waals surface area contributed by atoms with Gasteiger partial charge in [0.15, 0.2) is 9.84 Å². The van der Waals surface area contributed by atoms with Crippen LogP contribution in [-0.2, 0) is 24.2 Å². The molecule has 0 aromatic heterocycles. The van der Waals surface area contributed by atoms with Crippen molar-refractivity contribution in [2.45, 2.75) is 44.6 Å². The number of hydrogen-bond donors (Lipinski definition) is 2. The highest BCUT2D eigenvalue weighted by Crippen LogP contribution is 2.29. The Morgan fingerprint density at radius 2 is 1.67 bits per heavy atom. The quantitative estimate of drug-likeness (QED) is 0.634. The third kappa shape index (κ3) is 5.73. The molecule has 7 nitrogen and oxygen atoms in total. The average molecular weight is 360 g/mol. The van der Waals surface area contributed by atoms with E-state index in [9.17, 15) is 18.0 Å². The minimum Gasteiger partial charge on any atom is -0.385 e. The van der Waals surface area contributed by atoms with E-state index >= 15 is 0 Å². The second-order valence-electron chi connectivity index (χ2n) is 6.79. The number of amides is 2. The van der Waals surface area contributed by atoms with E-state index in [0.29, 0.717) is 45.3 Å². The standard InChI is InChI=1S/C16H28N2O5S/c1-23-9-2-8-17-15(19)12-3-5-13(6-4-12)16(20)18-14-7-10-24(21,22)11-14/h12-14H,2-11H2,1H3,(H,17,19)(H,18,20). The Kier molecular flexibility index (Phi) is 7.03. The zero-order chi connectivity index (χ0) is 17.6. The summed E-state index contributed by atoms with van der Waals surface area (Å²) in [7, 11) is -1.35. The van der Waals surface area contributed by atoms with Crippen molar-refractivity contribution in [1.82, 2.24) is 10.6 Å². The number of sulfone groups is 1. The lowest BCUT2D eigenvalue weighted by atomic mass is 9.81. The van der Waals surface area contributed by atoms with Gasteiger partial charge >= 0.3 is 0 Å². The van der Waals surface area contributed by atoms with Gasteiger partial charge in [0.1, 0.15) is 0 Å². The minimum atomic E-state index is -2.98. The minimum absolute atomic E-state index is 0.0246. The van der Waals surface area contributed by atoms with Crippen LogP contribution in [0.25, 0.3) is 0 Å². The van der Waals surface area contributed by atoms with Crippen LogP contribution in [0, 0.1) is 11.8 Å². The van der Waals surface area contributed by atoms with Gasteiger partial charge in [-0.15, -0.1) is 0 Å². The van der Waals surface area contributed by atoms with Gasteiger partial charge in [-0.3, -0.25) is 9.59 Å². The summed E-state index contributed by atoms with van der Waals surface area (Å²) in [5, 5.41) is 5.78. The zero-order valence-electron chi connectivity index (χ0n) is 14.3. The van der Waals surface area contributed by atoms with Crippen molar-refractivity contribution in [3.63, 3.8) is 0 Å². The van der Waals surface area contributed by atoms with E-state index in [1.54, 1.807) is 7.11 Å². The van der Waals surface area contributed by atoms with E-state index < -0.39 is 9.84 Å². The lowest BCUT2D eigenvalue weighted by Crippen LogP contribution is -2.42. The Morgan fingerprint density at radius 3 is 2.21 bits per heavy atom. The Morgan fingerprint density at radius 1 is 1.04 bits per heavy atom. The van der Waals surface area contributed by atoms with Crippen molar-refractivity contribution >= 4 is 21.7 Å². The predicted molar refractivity (Wildman–Crippen MR) is 90.2 cm³/mol. The molecule has 8 heteroatoms. The van der Waals surface area contributed by atoms with Crippen molar-refractivity contribution in [2.24, 2.45) is 11.8 Å². The van der Waals surface area contributed by atoms with Gasteiger partial charge in [0.05, 0.1) is 11.5 Å². The maximum atomic E-state index is 12.3. The molecule has 0 spiro atoms. The molecule has 2 amide bonds. The first-order valence-corrected chi connectivity index (χ1v) is 10.5. The Labute approximate surface area is 143 Å². The molecule has 2 aliphatic rings. The first kappa shape index (κ1) is 19.2. The predicted octanol–water partition coefficient (Wildman–Crippen LogP) is 0.249. The SMILES string of the molecule is COCCCNC(=O)C1CCC(C(=O)NC2CCS(=O)(=O)C2)CC1. The van der Waals surface area contributed by atoms with Gasteiger partial charge in [-0.05, 0) is 38.5 Å². The normalized spacial score (nSPS) is 29.1. The molecule has 1 aliphatic heterocycles. The molecule has 1 saturated heterocycles. The molecule has 2 N–H and O–H groups in total. The molecule has 0 radical (unpaired) electrons. The molecule has 1 atom stereocenters. The monoisotopic (exact) mass is 360 g/mol. The second-order valence-corrected chi connectivity index (χ2v) is 9.02. The van der Waals surface area contributed by atoms with Gasteiger partial charge in [0.25, 0.3) is 0 Å². The Bertz CT molecular complexity index is 541. The van der Waals surface area contributed by atoms with Crippen LogP contribution in [-0.4, -0.2) is 58.0 Å². The van der Waals surface area contributed by atoms with E-state index in [2.05, 4.69) is 10.6 Å². The van der Waals surface area contributed by atoms with Gasteiger partial charge in [-0.2, -0.15) is 0 Å². The first-order valence-electron chi connectivity index (χ1n) is 8.68. The van der Waals surface area contributed by atoms with Gasteiger partial charge in [-0.1, -0.05) is 0 Å². The van der Waals surface area contributed by atoms with Crippen molar-refractivity contribution < 1.29 is 22.7 Å². The molecule has 1 aliphatic carbocycles. The summed E-state index contributed by atoms with van der Waals surface area (Å²) in [5.74, 6) is 0.0866. The largest absolute Gasteiger partial charge is 0.385 e. The summed E-state index contributed by atoms with van der Waals surface area (Å²) < 4.78 is 27.8. The third-order valence-electron chi connectivity index (χ3n) is 4.87. The van der Waals surface area contributed by atoms with Crippen LogP contribution in [0.5, 0.6) is 0 Å². The highest BCUT2D eigenvalue weighted by molar-refractivity contribution is 7.91. The van der Waals surface area contributed by atoms with Crippen LogP contribution in [0.3, 0.4) is 0 Å². The zero-order valence-corrected chi connectivity index (χ0v) is 15.1. The highest BCUT2D eigenvalue weighted by Gasteiger charge is 2.33. The van der Waals surface area contributed by atoms with E-state index in [1.165, 1.54) is 0 Å². The maximum Gasteiger partial charge on any atom is 0.223 e. The number of carbonyl (C=O) groups excluding carboxylic acids is 2. The van der Waals surface area contributed by atoms with Crippen LogP contribution >= 0.6 is 0 Å².